The van der Waals surface area contributed by atoms with Crippen LogP contribution in [0.1, 0.15) is 33.9 Å². The zero-order valence-corrected chi connectivity index (χ0v) is 20.7. The number of hydrogen-bond acceptors (Lipinski definition) is 6. The highest BCUT2D eigenvalue weighted by Crippen LogP contribution is 2.40. The van der Waals surface area contributed by atoms with E-state index in [9.17, 15) is 19.8 Å². The lowest BCUT2D eigenvalue weighted by atomic mass is 9.95. The zero-order chi connectivity index (χ0) is 26.6. The van der Waals surface area contributed by atoms with E-state index in [4.69, 9.17) is 4.74 Å². The lowest BCUT2D eigenvalue weighted by Crippen LogP contribution is -2.29. The Morgan fingerprint density at radius 1 is 0.921 bits per heavy atom. The normalized spacial score (nSPS) is 16.6. The van der Waals surface area contributed by atoms with Crippen molar-refractivity contribution >= 4 is 17.4 Å². The maximum Gasteiger partial charge on any atom is 0.295 e. The van der Waals surface area contributed by atoms with Crippen molar-refractivity contribution in [1.29, 1.82) is 0 Å². The minimum absolute atomic E-state index is 0.0109. The maximum absolute atomic E-state index is 13.2. The Hall–Kier alpha value is -4.91. The van der Waals surface area contributed by atoms with Gasteiger partial charge in [0.25, 0.3) is 11.7 Å². The number of amides is 1. The fourth-order valence-corrected chi connectivity index (χ4v) is 4.56. The van der Waals surface area contributed by atoms with Crippen LogP contribution in [0.2, 0.25) is 0 Å². The number of pyridine rings is 1. The van der Waals surface area contributed by atoms with E-state index in [2.05, 4.69) is 11.1 Å². The highest BCUT2D eigenvalue weighted by Gasteiger charge is 2.46. The van der Waals surface area contributed by atoms with Crippen LogP contribution in [0, 0.1) is 6.92 Å². The quantitative estimate of drug-likeness (QED) is 0.201. The summed E-state index contributed by atoms with van der Waals surface area (Å²) in [5, 5.41) is 21.1. The monoisotopic (exact) mass is 506 g/mol. The number of aliphatic hydroxyl groups is 1. The molecule has 7 nitrogen and oxygen atoms in total. The van der Waals surface area contributed by atoms with E-state index < -0.39 is 17.7 Å². The van der Waals surface area contributed by atoms with Gasteiger partial charge in [-0.3, -0.25) is 14.6 Å². The summed E-state index contributed by atoms with van der Waals surface area (Å²) in [5.41, 5.74) is 3.95. The number of aryl methyl sites for hydroxylation is 1. The van der Waals surface area contributed by atoms with Gasteiger partial charge in [-0.2, -0.15) is 0 Å². The number of aliphatic hydroxyl groups excluding tert-OH is 1. The first kappa shape index (κ1) is 24.8. The summed E-state index contributed by atoms with van der Waals surface area (Å²) in [6, 6.07) is 23.7. The molecule has 1 atom stereocenters. The molecule has 5 rings (SSSR count). The van der Waals surface area contributed by atoms with Crippen molar-refractivity contribution in [2.45, 2.75) is 26.1 Å². The largest absolute Gasteiger partial charge is 0.508 e. The van der Waals surface area contributed by atoms with Gasteiger partial charge >= 0.3 is 0 Å². The van der Waals surface area contributed by atoms with Crippen LogP contribution in [0.3, 0.4) is 0 Å². The van der Waals surface area contributed by atoms with Gasteiger partial charge in [-0.1, -0.05) is 42.0 Å². The number of carbonyl (C=O) groups is 2. The smallest absolute Gasteiger partial charge is 0.295 e. The number of Topliss-reactive ketones (excluding diaryl/α,β-unsaturated/α-hetero) is 1. The van der Waals surface area contributed by atoms with E-state index in [1.165, 1.54) is 17.0 Å². The van der Waals surface area contributed by atoms with Crippen molar-refractivity contribution < 1.29 is 24.5 Å². The molecule has 1 fully saturated rings. The Bertz CT molecular complexity index is 1500. The predicted octanol–water partition coefficient (Wildman–Crippen LogP) is 5.30. The number of phenolic OH excluding ortho intramolecular Hbond substituents is 1. The number of aromatic hydroxyl groups is 1. The number of phenols is 1. The summed E-state index contributed by atoms with van der Waals surface area (Å²) in [5.74, 6) is -1.09. The molecule has 0 spiro atoms. The molecule has 1 amide bonds. The summed E-state index contributed by atoms with van der Waals surface area (Å²) >= 11 is 0. The lowest BCUT2D eigenvalue weighted by Gasteiger charge is -2.25. The van der Waals surface area contributed by atoms with Crippen LogP contribution in [-0.2, 0) is 22.7 Å². The zero-order valence-electron chi connectivity index (χ0n) is 20.7. The number of aromatic nitrogens is 1. The Balaban J connectivity index is 1.47. The number of benzene rings is 3. The highest BCUT2D eigenvalue weighted by atomic mass is 16.5. The molecule has 1 saturated heterocycles. The van der Waals surface area contributed by atoms with Crippen molar-refractivity contribution in [3.05, 3.63) is 131 Å². The van der Waals surface area contributed by atoms with E-state index in [1.807, 2.05) is 25.1 Å². The third-order valence-electron chi connectivity index (χ3n) is 6.47. The van der Waals surface area contributed by atoms with Gasteiger partial charge < -0.3 is 19.8 Å². The Morgan fingerprint density at radius 2 is 1.63 bits per heavy atom. The van der Waals surface area contributed by atoms with Crippen molar-refractivity contribution in [1.82, 2.24) is 9.88 Å². The van der Waals surface area contributed by atoms with Crippen LogP contribution in [0.4, 0.5) is 0 Å². The third-order valence-corrected chi connectivity index (χ3v) is 6.47. The van der Waals surface area contributed by atoms with Gasteiger partial charge in [-0.05, 0) is 72.1 Å². The average molecular weight is 507 g/mol. The van der Waals surface area contributed by atoms with Crippen LogP contribution in [0.25, 0.3) is 5.76 Å². The first-order chi connectivity index (χ1) is 18.4. The van der Waals surface area contributed by atoms with Crippen molar-refractivity contribution in [2.24, 2.45) is 0 Å². The van der Waals surface area contributed by atoms with Crippen LogP contribution in [0.5, 0.6) is 11.5 Å². The number of rotatable bonds is 7. The number of hydrogen-bond donors (Lipinski definition) is 2. The SMILES string of the molecule is Cc1cccc(COc2ccc(C(O)=C3C(=O)C(=O)N(Cc4ccncc4)C3c3ccc(O)cc3)cc2)c1. The molecule has 3 aromatic carbocycles. The van der Waals surface area contributed by atoms with Crippen molar-refractivity contribution in [2.75, 3.05) is 0 Å². The summed E-state index contributed by atoms with van der Waals surface area (Å²) in [6.45, 7) is 2.57. The number of carbonyl (C=O) groups excluding carboxylic acids is 2. The van der Waals surface area contributed by atoms with Gasteiger partial charge in [0.15, 0.2) is 0 Å². The van der Waals surface area contributed by atoms with E-state index in [-0.39, 0.29) is 23.6 Å². The van der Waals surface area contributed by atoms with Gasteiger partial charge in [0, 0.05) is 24.5 Å². The molecular weight excluding hydrogens is 480 g/mol. The standard InChI is InChI=1S/C31H26N2O5/c1-20-3-2-4-22(17-20)19-38-26-11-7-24(8-12-26)29(35)27-28(23-5-9-25(34)10-6-23)33(31(37)30(27)36)18-21-13-15-32-16-14-21/h2-17,28,34-35H,18-19H2,1H3. The van der Waals surface area contributed by atoms with Gasteiger partial charge in [0.2, 0.25) is 0 Å². The van der Waals surface area contributed by atoms with E-state index in [0.717, 1.165) is 16.7 Å². The van der Waals surface area contributed by atoms with Crippen LogP contribution < -0.4 is 4.74 Å². The fourth-order valence-electron chi connectivity index (χ4n) is 4.56. The van der Waals surface area contributed by atoms with Gasteiger partial charge in [-0.25, -0.2) is 0 Å². The Kier molecular flexibility index (Phi) is 6.91. The molecule has 7 heteroatoms. The second kappa shape index (κ2) is 10.6. The van der Waals surface area contributed by atoms with E-state index in [0.29, 0.717) is 23.5 Å². The fraction of sp³-hybridized carbons (Fsp3) is 0.129. The molecule has 1 aromatic heterocycles. The molecule has 4 aromatic rings. The average Bonchev–Trinajstić information content (AvgIpc) is 3.18. The first-order valence-electron chi connectivity index (χ1n) is 12.2. The molecule has 0 saturated carbocycles. The molecule has 190 valence electrons. The molecule has 0 bridgehead atoms. The first-order valence-corrected chi connectivity index (χ1v) is 12.2. The summed E-state index contributed by atoms with van der Waals surface area (Å²) < 4.78 is 5.87. The van der Waals surface area contributed by atoms with Crippen LogP contribution >= 0.6 is 0 Å². The number of ether oxygens (including phenoxy) is 1. The van der Waals surface area contributed by atoms with Crippen molar-refractivity contribution in [3.8, 4) is 11.5 Å². The molecular formula is C31H26N2O5. The molecule has 1 unspecified atom stereocenters. The van der Waals surface area contributed by atoms with Gasteiger partial charge in [0.1, 0.15) is 23.9 Å². The van der Waals surface area contributed by atoms with Gasteiger partial charge in [-0.15, -0.1) is 0 Å². The maximum atomic E-state index is 13.2. The van der Waals surface area contributed by atoms with E-state index >= 15 is 0 Å². The number of likely N-dealkylation sites (tertiary alicyclic amines) is 1. The molecule has 1 aliphatic heterocycles. The summed E-state index contributed by atoms with van der Waals surface area (Å²) in [4.78, 5) is 31.8. The topological polar surface area (TPSA) is 100.0 Å². The molecule has 38 heavy (non-hydrogen) atoms. The van der Waals surface area contributed by atoms with Crippen LogP contribution in [-0.4, -0.2) is 31.8 Å². The summed E-state index contributed by atoms with van der Waals surface area (Å²) in [7, 11) is 0. The second-order valence-corrected chi connectivity index (χ2v) is 9.18. The van der Waals surface area contributed by atoms with Gasteiger partial charge in [0.05, 0.1) is 11.6 Å². The van der Waals surface area contributed by atoms with E-state index in [1.54, 1.807) is 60.9 Å². The van der Waals surface area contributed by atoms with Crippen LogP contribution in [0.15, 0.2) is 103 Å². The molecule has 0 aliphatic carbocycles. The Morgan fingerprint density at radius 3 is 2.32 bits per heavy atom. The second-order valence-electron chi connectivity index (χ2n) is 9.18. The minimum Gasteiger partial charge on any atom is -0.508 e. The Labute approximate surface area is 220 Å². The number of nitrogens with zero attached hydrogens (tertiary/aromatic N) is 2. The molecule has 1 aliphatic rings. The third kappa shape index (κ3) is 5.13. The predicted molar refractivity (Wildman–Crippen MR) is 142 cm³/mol. The summed E-state index contributed by atoms with van der Waals surface area (Å²) in [6.07, 6.45) is 3.23. The molecule has 0 radical (unpaired) electrons. The van der Waals surface area contributed by atoms with Crippen molar-refractivity contribution in [3.63, 3.8) is 0 Å². The highest BCUT2D eigenvalue weighted by molar-refractivity contribution is 6.46. The number of ketones is 1. The molecule has 2 heterocycles. The lowest BCUT2D eigenvalue weighted by molar-refractivity contribution is -0.140. The molecule has 2 N–H and O–H groups in total. The minimum atomic E-state index is -0.832.